The number of carbonyl (C=O) groups excluding carboxylic acids is 1. The minimum atomic E-state index is -0.272. The molecule has 0 bridgehead atoms. The number of nitrogens with one attached hydrogen (secondary N) is 2. The van der Waals surface area contributed by atoms with Gasteiger partial charge in [0, 0.05) is 32.0 Å². The van der Waals surface area contributed by atoms with Crippen LogP contribution in [0, 0.1) is 11.3 Å². The Bertz CT molecular complexity index is 341. The summed E-state index contributed by atoms with van der Waals surface area (Å²) in [5, 5.41) is 14.8. The third-order valence-electron chi connectivity index (χ3n) is 3.12. The van der Waals surface area contributed by atoms with E-state index in [1.54, 1.807) is 0 Å². The second kappa shape index (κ2) is 9.40. The highest BCUT2D eigenvalue weighted by Gasteiger charge is 2.18. The molecule has 1 aliphatic carbocycles. The Morgan fingerprint density at radius 2 is 2.21 bits per heavy atom. The molecule has 106 valence electrons. The van der Waals surface area contributed by atoms with Crippen molar-refractivity contribution in [3.63, 3.8) is 0 Å². The van der Waals surface area contributed by atoms with Crippen LogP contribution in [-0.2, 0) is 9.53 Å². The molecule has 0 saturated heterocycles. The second-order valence-corrected chi connectivity index (χ2v) is 4.63. The van der Waals surface area contributed by atoms with Crippen molar-refractivity contribution in [2.45, 2.75) is 45.1 Å². The molecule has 1 fully saturated rings. The van der Waals surface area contributed by atoms with Gasteiger partial charge in [0.2, 0.25) is 0 Å². The molecule has 0 unspecified atom stereocenters. The predicted molar refractivity (Wildman–Crippen MR) is 73.2 cm³/mol. The zero-order valence-electron chi connectivity index (χ0n) is 11.6. The highest BCUT2D eigenvalue weighted by atomic mass is 16.5. The first-order valence-electron chi connectivity index (χ1n) is 7.00. The summed E-state index contributed by atoms with van der Waals surface area (Å²) in [5.74, 6) is -0.272. The van der Waals surface area contributed by atoms with Gasteiger partial charge >= 0.3 is 0 Å². The standard InChI is InChI=1S/C14H23N3O2/c1-2-19-9-5-8-16-11-12(10-15)14(18)17-13-6-3-4-7-13/h11,13,16H,2-9H2,1H3,(H,17,18)/b12-11-. The Kier molecular flexibility index (Phi) is 7.68. The van der Waals surface area contributed by atoms with Gasteiger partial charge in [0.25, 0.3) is 5.91 Å². The Labute approximate surface area is 115 Å². The molecule has 1 aliphatic rings. The maximum Gasteiger partial charge on any atom is 0.263 e. The molecule has 0 aromatic heterocycles. The van der Waals surface area contributed by atoms with Crippen molar-refractivity contribution < 1.29 is 9.53 Å². The average molecular weight is 265 g/mol. The lowest BCUT2D eigenvalue weighted by atomic mass is 10.2. The molecule has 0 heterocycles. The lowest BCUT2D eigenvalue weighted by Gasteiger charge is -2.11. The third-order valence-corrected chi connectivity index (χ3v) is 3.12. The van der Waals surface area contributed by atoms with Gasteiger partial charge in [0.15, 0.2) is 0 Å². The third kappa shape index (κ3) is 6.25. The van der Waals surface area contributed by atoms with E-state index in [1.165, 1.54) is 6.20 Å². The monoisotopic (exact) mass is 265 g/mol. The molecule has 0 spiro atoms. The van der Waals surface area contributed by atoms with Crippen LogP contribution in [0.25, 0.3) is 0 Å². The van der Waals surface area contributed by atoms with Crippen LogP contribution in [0.3, 0.4) is 0 Å². The van der Waals surface area contributed by atoms with Crippen molar-refractivity contribution >= 4 is 5.91 Å². The zero-order chi connectivity index (χ0) is 13.9. The van der Waals surface area contributed by atoms with Crippen LogP contribution in [0.5, 0.6) is 0 Å². The number of carbonyl (C=O) groups is 1. The fourth-order valence-electron chi connectivity index (χ4n) is 2.08. The van der Waals surface area contributed by atoms with Crippen molar-refractivity contribution in [1.82, 2.24) is 10.6 Å². The maximum absolute atomic E-state index is 11.8. The van der Waals surface area contributed by atoms with Crippen molar-refractivity contribution in [3.8, 4) is 6.07 Å². The number of hydrogen-bond acceptors (Lipinski definition) is 4. The van der Waals surface area contributed by atoms with Crippen LogP contribution >= 0.6 is 0 Å². The summed E-state index contributed by atoms with van der Waals surface area (Å²) in [6.45, 7) is 4.05. The molecule has 0 radical (unpaired) electrons. The minimum Gasteiger partial charge on any atom is -0.390 e. The Hall–Kier alpha value is -1.54. The zero-order valence-corrected chi connectivity index (χ0v) is 11.6. The van der Waals surface area contributed by atoms with Crippen molar-refractivity contribution in [1.29, 1.82) is 5.26 Å². The Morgan fingerprint density at radius 1 is 1.47 bits per heavy atom. The first kappa shape index (κ1) is 15.5. The summed E-state index contributed by atoms with van der Waals surface area (Å²) in [6, 6.07) is 2.17. The number of ether oxygens (including phenoxy) is 1. The van der Waals surface area contributed by atoms with Crippen LogP contribution in [0.1, 0.15) is 39.0 Å². The summed E-state index contributed by atoms with van der Waals surface area (Å²) >= 11 is 0. The number of nitrogens with zero attached hydrogens (tertiary/aromatic N) is 1. The molecule has 0 aromatic rings. The maximum atomic E-state index is 11.8. The van der Waals surface area contributed by atoms with E-state index in [9.17, 15) is 4.79 Å². The summed E-state index contributed by atoms with van der Waals surface area (Å²) in [6.07, 6.45) is 6.71. The highest BCUT2D eigenvalue weighted by Crippen LogP contribution is 2.17. The van der Waals surface area contributed by atoms with E-state index in [0.29, 0.717) is 19.8 Å². The second-order valence-electron chi connectivity index (χ2n) is 4.63. The predicted octanol–water partition coefficient (Wildman–Crippen LogP) is 1.47. The molecule has 1 rings (SSSR count). The summed E-state index contributed by atoms with van der Waals surface area (Å²) in [5.41, 5.74) is 0.142. The Balaban J connectivity index is 2.26. The number of nitriles is 1. The lowest BCUT2D eigenvalue weighted by molar-refractivity contribution is -0.117. The minimum absolute atomic E-state index is 0.142. The van der Waals surface area contributed by atoms with Gasteiger partial charge in [-0.15, -0.1) is 0 Å². The fraction of sp³-hybridized carbons (Fsp3) is 0.714. The van der Waals surface area contributed by atoms with Gasteiger partial charge < -0.3 is 15.4 Å². The van der Waals surface area contributed by atoms with Gasteiger partial charge in [0.05, 0.1) is 0 Å². The van der Waals surface area contributed by atoms with E-state index in [4.69, 9.17) is 10.00 Å². The van der Waals surface area contributed by atoms with Crippen LogP contribution in [-0.4, -0.2) is 31.7 Å². The summed E-state index contributed by atoms with van der Waals surface area (Å²) in [4.78, 5) is 11.8. The fourth-order valence-corrected chi connectivity index (χ4v) is 2.08. The molecular weight excluding hydrogens is 242 g/mol. The van der Waals surface area contributed by atoms with Gasteiger partial charge in [-0.2, -0.15) is 5.26 Å². The molecule has 5 nitrogen and oxygen atoms in total. The van der Waals surface area contributed by atoms with E-state index < -0.39 is 0 Å². The highest BCUT2D eigenvalue weighted by molar-refractivity contribution is 5.97. The van der Waals surface area contributed by atoms with Gasteiger partial charge in [-0.3, -0.25) is 4.79 Å². The van der Waals surface area contributed by atoms with Gasteiger partial charge in [-0.1, -0.05) is 12.8 Å². The van der Waals surface area contributed by atoms with Crippen LogP contribution in [0.15, 0.2) is 11.8 Å². The van der Waals surface area contributed by atoms with E-state index in [-0.39, 0.29) is 17.5 Å². The largest absolute Gasteiger partial charge is 0.390 e. The quantitative estimate of drug-likeness (QED) is 0.396. The SMILES string of the molecule is CCOCCCN/C=C(/C#N)C(=O)NC1CCCC1. The number of hydrogen-bond donors (Lipinski definition) is 2. The van der Waals surface area contributed by atoms with Crippen molar-refractivity contribution in [2.75, 3.05) is 19.8 Å². The van der Waals surface area contributed by atoms with Gasteiger partial charge in [-0.25, -0.2) is 0 Å². The Morgan fingerprint density at radius 3 is 2.84 bits per heavy atom. The van der Waals surface area contributed by atoms with E-state index in [2.05, 4.69) is 10.6 Å². The topological polar surface area (TPSA) is 74.1 Å². The molecule has 0 aliphatic heterocycles. The van der Waals surface area contributed by atoms with E-state index in [1.807, 2.05) is 13.0 Å². The molecule has 0 atom stereocenters. The van der Waals surface area contributed by atoms with E-state index >= 15 is 0 Å². The molecular formula is C14H23N3O2. The summed E-state index contributed by atoms with van der Waals surface area (Å²) < 4.78 is 5.20. The molecule has 2 N–H and O–H groups in total. The van der Waals surface area contributed by atoms with E-state index in [0.717, 1.165) is 32.1 Å². The van der Waals surface area contributed by atoms with Gasteiger partial charge in [0.1, 0.15) is 11.6 Å². The van der Waals surface area contributed by atoms with Crippen LogP contribution in [0.2, 0.25) is 0 Å². The summed E-state index contributed by atoms with van der Waals surface area (Å²) in [7, 11) is 0. The lowest BCUT2D eigenvalue weighted by Crippen LogP contribution is -2.33. The average Bonchev–Trinajstić information content (AvgIpc) is 2.90. The number of amides is 1. The molecule has 19 heavy (non-hydrogen) atoms. The molecule has 1 amide bonds. The molecule has 0 aromatic carbocycles. The molecule has 1 saturated carbocycles. The van der Waals surface area contributed by atoms with Crippen LogP contribution in [0.4, 0.5) is 0 Å². The number of rotatable bonds is 8. The first-order chi connectivity index (χ1) is 9.27. The normalized spacial score (nSPS) is 16.1. The van der Waals surface area contributed by atoms with Crippen molar-refractivity contribution in [2.24, 2.45) is 0 Å². The first-order valence-corrected chi connectivity index (χ1v) is 7.00. The van der Waals surface area contributed by atoms with Gasteiger partial charge in [-0.05, 0) is 26.2 Å². The molecule has 5 heteroatoms. The smallest absolute Gasteiger partial charge is 0.263 e. The van der Waals surface area contributed by atoms with Crippen LogP contribution < -0.4 is 10.6 Å². The van der Waals surface area contributed by atoms with Crippen molar-refractivity contribution in [3.05, 3.63) is 11.8 Å².